The molecular formula is C21H20N2O2. The minimum absolute atomic E-state index is 0.0659. The summed E-state index contributed by atoms with van der Waals surface area (Å²) in [7, 11) is 0. The maximum atomic E-state index is 9.78. The number of phenols is 1. The summed E-state index contributed by atoms with van der Waals surface area (Å²) in [5.41, 5.74) is 9.46. The zero-order chi connectivity index (χ0) is 17.2. The monoisotopic (exact) mass is 332 g/mol. The highest BCUT2D eigenvalue weighted by atomic mass is 16.5. The van der Waals surface area contributed by atoms with Gasteiger partial charge in [0.2, 0.25) is 0 Å². The van der Waals surface area contributed by atoms with Crippen LogP contribution >= 0.6 is 0 Å². The van der Waals surface area contributed by atoms with E-state index in [0.717, 1.165) is 23.7 Å². The van der Waals surface area contributed by atoms with Gasteiger partial charge >= 0.3 is 0 Å². The predicted molar refractivity (Wildman–Crippen MR) is 99.0 cm³/mol. The van der Waals surface area contributed by atoms with E-state index in [1.807, 2.05) is 48.5 Å². The first-order valence-electron chi connectivity index (χ1n) is 8.36. The Hall–Kier alpha value is -2.98. The van der Waals surface area contributed by atoms with Crippen LogP contribution in [0.3, 0.4) is 0 Å². The van der Waals surface area contributed by atoms with E-state index >= 15 is 0 Å². The Balaban J connectivity index is 1.64. The molecule has 0 saturated heterocycles. The van der Waals surface area contributed by atoms with E-state index < -0.39 is 0 Å². The quantitative estimate of drug-likeness (QED) is 0.751. The van der Waals surface area contributed by atoms with Crippen LogP contribution in [0.4, 0.5) is 5.69 Å². The zero-order valence-corrected chi connectivity index (χ0v) is 13.8. The van der Waals surface area contributed by atoms with Crippen LogP contribution in [0.1, 0.15) is 17.2 Å². The first-order chi connectivity index (χ1) is 12.2. The maximum absolute atomic E-state index is 9.78. The topological polar surface area (TPSA) is 58.7 Å². The summed E-state index contributed by atoms with van der Waals surface area (Å²) in [6.07, 6.45) is 0. The molecule has 1 heterocycles. The Morgan fingerprint density at radius 1 is 0.960 bits per heavy atom. The number of hydrogen-bond acceptors (Lipinski definition) is 4. The number of aromatic hydroxyl groups is 1. The fourth-order valence-electron chi connectivity index (χ4n) is 3.37. The number of fused-ring (bicyclic) bond motifs is 1. The average Bonchev–Trinajstić information content (AvgIpc) is 3.00. The molecule has 0 bridgehead atoms. The van der Waals surface area contributed by atoms with Crippen LogP contribution in [0.15, 0.2) is 72.8 Å². The molecule has 4 heteroatoms. The Morgan fingerprint density at radius 2 is 1.80 bits per heavy atom. The zero-order valence-electron chi connectivity index (χ0n) is 13.8. The van der Waals surface area contributed by atoms with E-state index in [1.54, 1.807) is 12.1 Å². The van der Waals surface area contributed by atoms with Gasteiger partial charge in [0, 0.05) is 24.8 Å². The second-order valence-electron chi connectivity index (χ2n) is 6.17. The molecular weight excluding hydrogens is 312 g/mol. The maximum Gasteiger partial charge on any atom is 0.127 e. The molecule has 0 aromatic heterocycles. The smallest absolute Gasteiger partial charge is 0.127 e. The van der Waals surface area contributed by atoms with Crippen molar-refractivity contribution < 1.29 is 9.84 Å². The molecule has 3 N–H and O–H groups in total. The van der Waals surface area contributed by atoms with Gasteiger partial charge in [0.05, 0.1) is 6.04 Å². The summed E-state index contributed by atoms with van der Waals surface area (Å²) in [6, 6.07) is 23.3. The molecule has 1 atom stereocenters. The van der Waals surface area contributed by atoms with Gasteiger partial charge in [-0.3, -0.25) is 0 Å². The van der Waals surface area contributed by atoms with Gasteiger partial charge in [-0.1, -0.05) is 30.3 Å². The van der Waals surface area contributed by atoms with Crippen LogP contribution < -0.4 is 15.4 Å². The number of para-hydroxylation sites is 1. The van der Waals surface area contributed by atoms with Gasteiger partial charge in [-0.2, -0.15) is 0 Å². The molecule has 0 radical (unpaired) electrons. The normalized spacial score (nSPS) is 15.9. The molecule has 0 aliphatic carbocycles. The van der Waals surface area contributed by atoms with Gasteiger partial charge in [0.1, 0.15) is 17.2 Å². The number of nitrogens with zero attached hydrogens (tertiary/aromatic N) is 1. The minimum atomic E-state index is 0.0659. The first kappa shape index (κ1) is 15.5. The largest absolute Gasteiger partial charge is 0.508 e. The number of rotatable bonds is 4. The number of hydrogen-bond donors (Lipinski definition) is 2. The van der Waals surface area contributed by atoms with Crippen LogP contribution in [0.2, 0.25) is 0 Å². The lowest BCUT2D eigenvalue weighted by Gasteiger charge is -2.26. The van der Waals surface area contributed by atoms with Crippen molar-refractivity contribution in [3.8, 4) is 17.2 Å². The van der Waals surface area contributed by atoms with Gasteiger partial charge in [0.25, 0.3) is 0 Å². The minimum Gasteiger partial charge on any atom is -0.508 e. The lowest BCUT2D eigenvalue weighted by atomic mass is 10.0. The summed E-state index contributed by atoms with van der Waals surface area (Å²) in [4.78, 5) is 2.22. The van der Waals surface area contributed by atoms with Crippen molar-refractivity contribution in [1.29, 1.82) is 0 Å². The lowest BCUT2D eigenvalue weighted by Crippen LogP contribution is -2.27. The van der Waals surface area contributed by atoms with E-state index in [9.17, 15) is 5.11 Å². The van der Waals surface area contributed by atoms with Crippen molar-refractivity contribution in [3.05, 3.63) is 83.9 Å². The molecule has 3 aromatic rings. The molecule has 4 rings (SSSR count). The summed E-state index contributed by atoms with van der Waals surface area (Å²) < 4.78 is 5.96. The van der Waals surface area contributed by atoms with Crippen molar-refractivity contribution >= 4 is 5.69 Å². The number of benzene rings is 3. The van der Waals surface area contributed by atoms with Crippen LogP contribution in [0, 0.1) is 0 Å². The average molecular weight is 332 g/mol. The molecule has 3 aromatic carbocycles. The molecule has 0 spiro atoms. The first-order valence-corrected chi connectivity index (χ1v) is 8.36. The third-order valence-corrected chi connectivity index (χ3v) is 4.56. The SMILES string of the molecule is NCC1c2cc(Oc3ccccc3)ccc2CN1c1cccc(O)c1. The Morgan fingerprint density at radius 3 is 2.56 bits per heavy atom. The third-order valence-electron chi connectivity index (χ3n) is 4.56. The van der Waals surface area contributed by atoms with E-state index in [1.165, 1.54) is 11.1 Å². The molecule has 0 fully saturated rings. The number of anilines is 1. The molecule has 1 aliphatic rings. The highest BCUT2D eigenvalue weighted by molar-refractivity contribution is 5.58. The van der Waals surface area contributed by atoms with E-state index in [4.69, 9.17) is 10.5 Å². The molecule has 0 saturated carbocycles. The van der Waals surface area contributed by atoms with Gasteiger partial charge in [-0.05, 0) is 47.5 Å². The standard InChI is InChI=1S/C21H20N2O2/c22-13-21-20-12-19(25-18-7-2-1-3-8-18)10-9-15(20)14-23(21)16-5-4-6-17(24)11-16/h1-12,21,24H,13-14,22H2. The predicted octanol–water partition coefficient (Wildman–Crippen LogP) is 4.20. The summed E-state index contributed by atoms with van der Waals surface area (Å²) >= 11 is 0. The highest BCUT2D eigenvalue weighted by Crippen LogP contribution is 2.39. The van der Waals surface area contributed by atoms with Crippen LogP contribution in [-0.2, 0) is 6.54 Å². The van der Waals surface area contributed by atoms with E-state index in [2.05, 4.69) is 17.0 Å². The van der Waals surface area contributed by atoms with Crippen LogP contribution in [0.5, 0.6) is 17.2 Å². The number of nitrogens with two attached hydrogens (primary N) is 1. The summed E-state index contributed by atoms with van der Waals surface area (Å²) in [6.45, 7) is 1.27. The van der Waals surface area contributed by atoms with Crippen LogP contribution in [0.25, 0.3) is 0 Å². The van der Waals surface area contributed by atoms with Gasteiger partial charge in [0.15, 0.2) is 0 Å². The fourth-order valence-corrected chi connectivity index (χ4v) is 3.37. The lowest BCUT2D eigenvalue weighted by molar-refractivity contribution is 0.475. The Kier molecular flexibility index (Phi) is 4.04. The van der Waals surface area contributed by atoms with Gasteiger partial charge in [-0.15, -0.1) is 0 Å². The molecule has 1 aliphatic heterocycles. The Labute approximate surface area is 147 Å². The van der Waals surface area contributed by atoms with Gasteiger partial charge in [-0.25, -0.2) is 0 Å². The fraction of sp³-hybridized carbons (Fsp3) is 0.143. The second kappa shape index (κ2) is 6.49. The molecule has 25 heavy (non-hydrogen) atoms. The molecule has 126 valence electrons. The van der Waals surface area contributed by atoms with Gasteiger partial charge < -0.3 is 20.5 Å². The van der Waals surface area contributed by atoms with Crippen molar-refractivity contribution in [3.63, 3.8) is 0 Å². The molecule has 0 amide bonds. The summed E-state index contributed by atoms with van der Waals surface area (Å²) in [5.74, 6) is 1.88. The van der Waals surface area contributed by atoms with Crippen molar-refractivity contribution in [1.82, 2.24) is 0 Å². The number of ether oxygens (including phenoxy) is 1. The molecule has 1 unspecified atom stereocenters. The van der Waals surface area contributed by atoms with Crippen LogP contribution in [-0.4, -0.2) is 11.7 Å². The number of phenolic OH excluding ortho intramolecular Hbond substituents is 1. The summed E-state index contributed by atoms with van der Waals surface area (Å²) in [5, 5.41) is 9.78. The third kappa shape index (κ3) is 3.04. The van der Waals surface area contributed by atoms with E-state index in [0.29, 0.717) is 6.54 Å². The Bertz CT molecular complexity index is 880. The second-order valence-corrected chi connectivity index (χ2v) is 6.17. The molecule has 4 nitrogen and oxygen atoms in total. The van der Waals surface area contributed by atoms with Crippen molar-refractivity contribution in [2.45, 2.75) is 12.6 Å². The van der Waals surface area contributed by atoms with Crippen molar-refractivity contribution in [2.24, 2.45) is 5.73 Å². The van der Waals surface area contributed by atoms with Crippen molar-refractivity contribution in [2.75, 3.05) is 11.4 Å². The highest BCUT2D eigenvalue weighted by Gasteiger charge is 2.30. The van der Waals surface area contributed by atoms with E-state index in [-0.39, 0.29) is 11.8 Å².